The molecule has 4 N–H and O–H groups in total. The van der Waals surface area contributed by atoms with Crippen LogP contribution in [0.25, 0.3) is 0 Å². The fourth-order valence-corrected chi connectivity index (χ4v) is 2.85. The topological polar surface area (TPSA) is 117 Å². The molecule has 1 aliphatic heterocycles. The van der Waals surface area contributed by atoms with Gasteiger partial charge in [-0.3, -0.25) is 4.79 Å². The number of hydrogen-bond acceptors (Lipinski definition) is 6. The van der Waals surface area contributed by atoms with Crippen LogP contribution in [0.1, 0.15) is 21.9 Å². The van der Waals surface area contributed by atoms with E-state index < -0.39 is 24.0 Å². The summed E-state index contributed by atoms with van der Waals surface area (Å²) in [6.07, 6.45) is -0.156. The zero-order valence-electron chi connectivity index (χ0n) is 10.2. The molecule has 104 valence electrons. The fraction of sp³-hybridized carbons (Fsp3) is 0.545. The van der Waals surface area contributed by atoms with Crippen LogP contribution in [-0.4, -0.2) is 57.2 Å². The highest BCUT2D eigenvalue weighted by Gasteiger charge is 2.39. The molecule has 2 rings (SSSR count). The Labute approximate surface area is 113 Å². The predicted octanol–water partition coefficient (Wildman–Crippen LogP) is -0.696. The molecule has 2 atom stereocenters. The number of carboxylic acid groups (broad SMARTS) is 1. The minimum absolute atomic E-state index is 0.0273. The van der Waals surface area contributed by atoms with Crippen molar-refractivity contribution in [2.75, 3.05) is 13.1 Å². The lowest BCUT2D eigenvalue weighted by Crippen LogP contribution is -2.40. The van der Waals surface area contributed by atoms with Gasteiger partial charge in [-0.05, 0) is 6.54 Å². The summed E-state index contributed by atoms with van der Waals surface area (Å²) >= 11 is 1.32. The largest absolute Gasteiger partial charge is 0.480 e. The molecule has 2 heterocycles. The first kappa shape index (κ1) is 13.9. The molecule has 8 heteroatoms. The molecule has 0 aliphatic carbocycles. The van der Waals surface area contributed by atoms with E-state index in [2.05, 4.69) is 4.98 Å². The minimum atomic E-state index is -1.11. The average Bonchev–Trinajstić information content (AvgIpc) is 2.95. The van der Waals surface area contributed by atoms with Crippen LogP contribution in [0.2, 0.25) is 0 Å². The van der Waals surface area contributed by atoms with Gasteiger partial charge in [0, 0.05) is 24.8 Å². The Bertz CT molecular complexity index is 490. The summed E-state index contributed by atoms with van der Waals surface area (Å²) in [5.41, 5.74) is 5.63. The number of β-amino-alcohol motifs (C(OH)–C–C–N with tert-alkyl or cyclic N) is 1. The molecule has 0 unspecified atom stereocenters. The number of aliphatic hydroxyl groups is 1. The first-order valence-corrected chi connectivity index (χ1v) is 6.77. The molecule has 1 fully saturated rings. The third kappa shape index (κ3) is 2.91. The summed E-state index contributed by atoms with van der Waals surface area (Å²) in [6, 6.07) is -0.984. The summed E-state index contributed by atoms with van der Waals surface area (Å²) in [7, 11) is 0. The number of amides is 1. The van der Waals surface area contributed by atoms with Crippen LogP contribution in [0.5, 0.6) is 0 Å². The number of carboxylic acids is 1. The van der Waals surface area contributed by atoms with E-state index in [1.54, 1.807) is 5.38 Å². The van der Waals surface area contributed by atoms with Crippen LogP contribution in [0, 0.1) is 0 Å². The highest BCUT2D eigenvalue weighted by Crippen LogP contribution is 2.21. The highest BCUT2D eigenvalue weighted by atomic mass is 32.1. The maximum absolute atomic E-state index is 12.2. The van der Waals surface area contributed by atoms with Crippen molar-refractivity contribution in [1.29, 1.82) is 0 Å². The standard InChI is InChI=1S/C11H15N3O4S/c12-2-1-9-13-7(5-19-9)10(16)14-4-6(15)3-8(14)11(17)18/h5-6,8,15H,1-4,12H2,(H,17,18)/t6-,8-/m0/s1. The Morgan fingerprint density at radius 1 is 1.58 bits per heavy atom. The van der Waals surface area contributed by atoms with Crippen molar-refractivity contribution >= 4 is 23.2 Å². The molecule has 0 aromatic carbocycles. The van der Waals surface area contributed by atoms with Crippen LogP contribution >= 0.6 is 11.3 Å². The number of carbonyl (C=O) groups excluding carboxylic acids is 1. The Balaban J connectivity index is 2.15. The highest BCUT2D eigenvalue weighted by molar-refractivity contribution is 7.09. The maximum atomic E-state index is 12.2. The van der Waals surface area contributed by atoms with Gasteiger partial charge in [-0.25, -0.2) is 9.78 Å². The van der Waals surface area contributed by atoms with Gasteiger partial charge in [0.1, 0.15) is 11.7 Å². The van der Waals surface area contributed by atoms with E-state index in [0.29, 0.717) is 13.0 Å². The Morgan fingerprint density at radius 2 is 2.32 bits per heavy atom. The van der Waals surface area contributed by atoms with Gasteiger partial charge >= 0.3 is 5.97 Å². The molecule has 1 aliphatic rings. The molecule has 1 amide bonds. The molecule has 1 aromatic heterocycles. The first-order valence-electron chi connectivity index (χ1n) is 5.89. The summed E-state index contributed by atoms with van der Waals surface area (Å²) in [5.74, 6) is -1.56. The van der Waals surface area contributed by atoms with Crippen molar-refractivity contribution in [3.8, 4) is 0 Å². The zero-order chi connectivity index (χ0) is 14.0. The van der Waals surface area contributed by atoms with Crippen molar-refractivity contribution in [2.45, 2.75) is 25.0 Å². The van der Waals surface area contributed by atoms with Gasteiger partial charge in [0.05, 0.1) is 11.1 Å². The van der Waals surface area contributed by atoms with Crippen LogP contribution in [0.3, 0.4) is 0 Å². The van der Waals surface area contributed by atoms with Gasteiger partial charge < -0.3 is 20.8 Å². The summed E-state index contributed by atoms with van der Waals surface area (Å²) in [4.78, 5) is 28.5. The lowest BCUT2D eigenvalue weighted by atomic mass is 10.2. The molecular weight excluding hydrogens is 270 g/mol. The summed E-state index contributed by atoms with van der Waals surface area (Å²) in [6.45, 7) is 0.473. The second kappa shape index (κ2) is 5.64. The van der Waals surface area contributed by atoms with Crippen LogP contribution in [0.15, 0.2) is 5.38 Å². The summed E-state index contributed by atoms with van der Waals surface area (Å²) < 4.78 is 0. The van der Waals surface area contributed by atoms with Crippen molar-refractivity contribution in [1.82, 2.24) is 9.88 Å². The number of hydrogen-bond donors (Lipinski definition) is 3. The predicted molar refractivity (Wildman–Crippen MR) is 68.0 cm³/mol. The quantitative estimate of drug-likeness (QED) is 0.674. The number of aliphatic hydroxyl groups excluding tert-OH is 1. The molecule has 19 heavy (non-hydrogen) atoms. The number of rotatable bonds is 4. The second-order valence-corrected chi connectivity index (χ2v) is 5.31. The fourth-order valence-electron chi connectivity index (χ4n) is 2.07. The molecular formula is C11H15N3O4S. The smallest absolute Gasteiger partial charge is 0.326 e. The third-order valence-corrected chi connectivity index (χ3v) is 3.86. The normalized spacial score (nSPS) is 22.7. The molecule has 7 nitrogen and oxygen atoms in total. The second-order valence-electron chi connectivity index (χ2n) is 4.37. The van der Waals surface area contributed by atoms with E-state index >= 15 is 0 Å². The molecule has 1 saturated heterocycles. The van der Waals surface area contributed by atoms with Gasteiger partial charge in [-0.1, -0.05) is 0 Å². The van der Waals surface area contributed by atoms with Crippen molar-refractivity contribution in [2.24, 2.45) is 5.73 Å². The molecule has 0 spiro atoms. The average molecular weight is 285 g/mol. The zero-order valence-corrected chi connectivity index (χ0v) is 11.0. The van der Waals surface area contributed by atoms with E-state index in [4.69, 9.17) is 10.8 Å². The van der Waals surface area contributed by atoms with Crippen molar-refractivity contribution < 1.29 is 19.8 Å². The van der Waals surface area contributed by atoms with Gasteiger partial charge in [-0.15, -0.1) is 11.3 Å². The Kier molecular flexibility index (Phi) is 4.13. The van der Waals surface area contributed by atoms with Gasteiger partial charge in [0.15, 0.2) is 0 Å². The Morgan fingerprint density at radius 3 is 2.95 bits per heavy atom. The number of carbonyl (C=O) groups is 2. The van der Waals surface area contributed by atoms with Crippen molar-refractivity contribution in [3.63, 3.8) is 0 Å². The molecule has 0 radical (unpaired) electrons. The molecule has 1 aromatic rings. The lowest BCUT2D eigenvalue weighted by molar-refractivity contribution is -0.141. The molecule has 0 bridgehead atoms. The van der Waals surface area contributed by atoms with E-state index in [0.717, 1.165) is 9.91 Å². The number of aromatic nitrogens is 1. The van der Waals surface area contributed by atoms with Crippen LogP contribution in [-0.2, 0) is 11.2 Å². The van der Waals surface area contributed by atoms with E-state index in [9.17, 15) is 14.7 Å². The number of nitrogens with zero attached hydrogens (tertiary/aromatic N) is 2. The van der Waals surface area contributed by atoms with Gasteiger partial charge in [-0.2, -0.15) is 0 Å². The lowest BCUT2D eigenvalue weighted by Gasteiger charge is -2.19. The van der Waals surface area contributed by atoms with Crippen molar-refractivity contribution in [3.05, 3.63) is 16.1 Å². The Hall–Kier alpha value is -1.51. The molecule has 0 saturated carbocycles. The SMILES string of the molecule is NCCc1nc(C(=O)N2C[C@@H](O)C[C@H]2C(=O)O)cs1. The third-order valence-electron chi connectivity index (χ3n) is 2.95. The van der Waals surface area contributed by atoms with Crippen LogP contribution in [0.4, 0.5) is 0 Å². The number of likely N-dealkylation sites (tertiary alicyclic amines) is 1. The minimum Gasteiger partial charge on any atom is -0.480 e. The van der Waals surface area contributed by atoms with Gasteiger partial charge in [0.2, 0.25) is 0 Å². The number of thiazole rings is 1. The van der Waals surface area contributed by atoms with Gasteiger partial charge in [0.25, 0.3) is 5.91 Å². The number of aliphatic carboxylic acids is 1. The van der Waals surface area contributed by atoms with E-state index in [1.165, 1.54) is 11.3 Å². The monoisotopic (exact) mass is 285 g/mol. The van der Waals surface area contributed by atoms with Crippen LogP contribution < -0.4 is 5.73 Å². The summed E-state index contributed by atoms with van der Waals surface area (Å²) in [5, 5.41) is 20.9. The number of nitrogens with two attached hydrogens (primary N) is 1. The first-order chi connectivity index (χ1) is 9.02. The van der Waals surface area contributed by atoms with E-state index in [1.807, 2.05) is 0 Å². The maximum Gasteiger partial charge on any atom is 0.326 e. The van der Waals surface area contributed by atoms with E-state index in [-0.39, 0.29) is 18.7 Å².